The summed E-state index contributed by atoms with van der Waals surface area (Å²) in [5.41, 5.74) is 1.67. The minimum atomic E-state index is -1.03. The van der Waals surface area contributed by atoms with Crippen LogP contribution in [0.4, 0.5) is 5.69 Å². The van der Waals surface area contributed by atoms with Crippen LogP contribution in [0.5, 0.6) is 0 Å². The second kappa shape index (κ2) is 7.63. The molecular formula is C19H17N3O4S. The van der Waals surface area contributed by atoms with E-state index >= 15 is 0 Å². The molecule has 0 saturated carbocycles. The topological polar surface area (TPSA) is 96.0 Å². The van der Waals surface area contributed by atoms with Gasteiger partial charge in [-0.15, -0.1) is 0 Å². The summed E-state index contributed by atoms with van der Waals surface area (Å²) in [5.74, 6) is -1.98. The number of nitrogens with zero attached hydrogens (tertiary/aromatic N) is 3. The Morgan fingerprint density at radius 1 is 1.22 bits per heavy atom. The molecule has 0 radical (unpaired) electrons. The second-order valence-electron chi connectivity index (χ2n) is 6.04. The first-order chi connectivity index (χ1) is 12.9. The Kier molecular flexibility index (Phi) is 5.27. The molecule has 1 heterocycles. The van der Waals surface area contributed by atoms with E-state index in [0.29, 0.717) is 28.5 Å². The van der Waals surface area contributed by atoms with Crippen LogP contribution in [0.2, 0.25) is 0 Å². The number of carbonyl (C=O) groups is 1. The Bertz CT molecular complexity index is 912. The van der Waals surface area contributed by atoms with Gasteiger partial charge < -0.3 is 10.0 Å². The van der Waals surface area contributed by atoms with Gasteiger partial charge in [0.2, 0.25) is 0 Å². The van der Waals surface area contributed by atoms with Crippen LogP contribution in [-0.4, -0.2) is 38.3 Å². The van der Waals surface area contributed by atoms with Crippen molar-refractivity contribution in [2.75, 3.05) is 6.54 Å². The molecule has 0 amide bonds. The normalized spacial score (nSPS) is 19.5. The SMILES string of the molecule is CCN1C(=S)N=C(c2ccccc2)C(C(=O)O)C1c1ccc([N+](=O)[O-])cc1. The fraction of sp³-hybridized carbons (Fsp3) is 0.211. The van der Waals surface area contributed by atoms with Gasteiger partial charge in [0, 0.05) is 18.7 Å². The summed E-state index contributed by atoms with van der Waals surface area (Å²) in [6.07, 6.45) is 0. The fourth-order valence-corrected chi connectivity index (χ4v) is 3.63. The third kappa shape index (κ3) is 3.56. The third-order valence-electron chi connectivity index (χ3n) is 4.53. The lowest BCUT2D eigenvalue weighted by atomic mass is 9.83. The summed E-state index contributed by atoms with van der Waals surface area (Å²) in [5, 5.41) is 21.2. The van der Waals surface area contributed by atoms with Crippen LogP contribution in [0.15, 0.2) is 59.6 Å². The Morgan fingerprint density at radius 3 is 2.37 bits per heavy atom. The van der Waals surface area contributed by atoms with Gasteiger partial charge in [0.05, 0.1) is 16.7 Å². The molecule has 0 aliphatic carbocycles. The molecule has 2 aromatic carbocycles. The molecule has 0 fully saturated rings. The molecular weight excluding hydrogens is 366 g/mol. The van der Waals surface area contributed by atoms with Gasteiger partial charge in [-0.05, 0) is 30.3 Å². The van der Waals surface area contributed by atoms with Crippen LogP contribution in [0.25, 0.3) is 0 Å². The van der Waals surface area contributed by atoms with E-state index < -0.39 is 22.9 Å². The van der Waals surface area contributed by atoms with Crippen molar-refractivity contribution < 1.29 is 14.8 Å². The van der Waals surface area contributed by atoms with Gasteiger partial charge in [-0.3, -0.25) is 14.9 Å². The van der Waals surface area contributed by atoms with Crippen molar-refractivity contribution in [3.8, 4) is 0 Å². The van der Waals surface area contributed by atoms with Gasteiger partial charge in [-0.1, -0.05) is 42.5 Å². The van der Waals surface area contributed by atoms with E-state index in [9.17, 15) is 20.0 Å². The van der Waals surface area contributed by atoms with Gasteiger partial charge in [0.25, 0.3) is 5.69 Å². The molecule has 7 nitrogen and oxygen atoms in total. The van der Waals surface area contributed by atoms with E-state index in [1.165, 1.54) is 12.1 Å². The number of carboxylic acid groups (broad SMARTS) is 1. The molecule has 1 aliphatic heterocycles. The van der Waals surface area contributed by atoms with Crippen LogP contribution >= 0.6 is 12.2 Å². The first-order valence-electron chi connectivity index (χ1n) is 8.35. The summed E-state index contributed by atoms with van der Waals surface area (Å²) in [6, 6.07) is 14.4. The highest BCUT2D eigenvalue weighted by Gasteiger charge is 2.42. The van der Waals surface area contributed by atoms with Crippen LogP contribution in [-0.2, 0) is 4.79 Å². The molecule has 1 aliphatic rings. The van der Waals surface area contributed by atoms with E-state index in [4.69, 9.17) is 12.2 Å². The highest BCUT2D eigenvalue weighted by atomic mass is 32.1. The minimum absolute atomic E-state index is 0.0518. The number of hydrogen-bond donors (Lipinski definition) is 1. The second-order valence-corrected chi connectivity index (χ2v) is 6.41. The van der Waals surface area contributed by atoms with Crippen LogP contribution in [0, 0.1) is 16.0 Å². The van der Waals surface area contributed by atoms with Crippen LogP contribution in [0.1, 0.15) is 24.1 Å². The molecule has 8 heteroatoms. The molecule has 0 spiro atoms. The summed E-state index contributed by atoms with van der Waals surface area (Å²) >= 11 is 5.42. The number of nitro benzene ring substituents is 1. The summed E-state index contributed by atoms with van der Waals surface area (Å²) in [6.45, 7) is 2.34. The zero-order valence-corrected chi connectivity index (χ0v) is 15.3. The first kappa shape index (κ1) is 18.7. The van der Waals surface area contributed by atoms with E-state index in [0.717, 1.165) is 0 Å². The zero-order valence-electron chi connectivity index (χ0n) is 14.5. The number of aliphatic imine (C=N–C) groups is 1. The minimum Gasteiger partial charge on any atom is -0.481 e. The molecule has 138 valence electrons. The molecule has 3 rings (SSSR count). The number of aliphatic carboxylic acids is 1. The number of carboxylic acids is 1. The van der Waals surface area contributed by atoms with Crippen molar-refractivity contribution in [3.63, 3.8) is 0 Å². The number of non-ortho nitro benzene ring substituents is 1. The third-order valence-corrected chi connectivity index (χ3v) is 4.86. The molecule has 2 unspecified atom stereocenters. The van der Waals surface area contributed by atoms with Crippen molar-refractivity contribution in [2.24, 2.45) is 10.9 Å². The van der Waals surface area contributed by atoms with Crippen molar-refractivity contribution in [1.29, 1.82) is 0 Å². The van der Waals surface area contributed by atoms with Crippen LogP contribution in [0.3, 0.4) is 0 Å². The summed E-state index contributed by atoms with van der Waals surface area (Å²) < 4.78 is 0. The van der Waals surface area contributed by atoms with Gasteiger partial charge in [-0.2, -0.15) is 0 Å². The van der Waals surface area contributed by atoms with Crippen molar-refractivity contribution >= 4 is 34.7 Å². The number of rotatable bonds is 5. The summed E-state index contributed by atoms with van der Waals surface area (Å²) in [4.78, 5) is 28.8. The largest absolute Gasteiger partial charge is 0.481 e. The maximum Gasteiger partial charge on any atom is 0.315 e. The lowest BCUT2D eigenvalue weighted by Gasteiger charge is -2.39. The molecule has 27 heavy (non-hydrogen) atoms. The molecule has 0 aromatic heterocycles. The van der Waals surface area contributed by atoms with Gasteiger partial charge in [-0.25, -0.2) is 4.99 Å². The van der Waals surface area contributed by atoms with E-state index in [2.05, 4.69) is 4.99 Å². The smallest absolute Gasteiger partial charge is 0.315 e. The standard InChI is InChI=1S/C19H17N3O4S/c1-2-21-17(13-8-10-14(11-9-13)22(25)26)15(18(23)24)16(20-19(21)27)12-6-4-3-5-7-12/h3-11,15,17H,2H2,1H3,(H,23,24). The quantitative estimate of drug-likeness (QED) is 0.483. The maximum atomic E-state index is 12.2. The monoisotopic (exact) mass is 383 g/mol. The Balaban J connectivity index is 2.14. The molecule has 0 bridgehead atoms. The summed E-state index contributed by atoms with van der Waals surface area (Å²) in [7, 11) is 0. The maximum absolute atomic E-state index is 12.2. The number of nitro groups is 1. The van der Waals surface area contributed by atoms with Gasteiger partial charge >= 0.3 is 5.97 Å². The van der Waals surface area contributed by atoms with Crippen molar-refractivity contribution in [1.82, 2.24) is 4.90 Å². The Hall–Kier alpha value is -3.13. The fourth-order valence-electron chi connectivity index (χ4n) is 3.29. The highest BCUT2D eigenvalue weighted by molar-refractivity contribution is 7.80. The molecule has 2 aromatic rings. The van der Waals surface area contributed by atoms with Crippen molar-refractivity contribution in [2.45, 2.75) is 13.0 Å². The average Bonchev–Trinajstić information content (AvgIpc) is 2.67. The van der Waals surface area contributed by atoms with E-state index in [-0.39, 0.29) is 5.69 Å². The average molecular weight is 383 g/mol. The van der Waals surface area contributed by atoms with Crippen LogP contribution < -0.4 is 0 Å². The number of thiocarbonyl (C=S) groups is 1. The van der Waals surface area contributed by atoms with Gasteiger partial charge in [0.1, 0.15) is 5.92 Å². The molecule has 0 saturated heterocycles. The predicted molar refractivity (Wildman–Crippen MR) is 105 cm³/mol. The first-order valence-corrected chi connectivity index (χ1v) is 8.76. The Morgan fingerprint density at radius 2 is 1.85 bits per heavy atom. The van der Waals surface area contributed by atoms with Crippen molar-refractivity contribution in [3.05, 3.63) is 75.8 Å². The van der Waals surface area contributed by atoms with Gasteiger partial charge in [0.15, 0.2) is 5.11 Å². The predicted octanol–water partition coefficient (Wildman–Crippen LogP) is 3.45. The number of hydrogen-bond acceptors (Lipinski definition) is 4. The molecule has 1 N–H and O–H groups in total. The Labute approximate surface area is 161 Å². The van der Waals surface area contributed by atoms with E-state index in [1.54, 1.807) is 29.2 Å². The lowest BCUT2D eigenvalue weighted by Crippen LogP contribution is -2.47. The number of benzene rings is 2. The zero-order chi connectivity index (χ0) is 19.6. The highest BCUT2D eigenvalue weighted by Crippen LogP contribution is 2.36. The van der Waals surface area contributed by atoms with E-state index in [1.807, 2.05) is 25.1 Å². The lowest BCUT2D eigenvalue weighted by molar-refractivity contribution is -0.384. The molecule has 2 atom stereocenters.